The van der Waals surface area contributed by atoms with Crippen molar-refractivity contribution >= 4 is 40.4 Å². The number of hydrogen-bond acceptors (Lipinski definition) is 5. The van der Waals surface area contributed by atoms with Crippen LogP contribution in [0.25, 0.3) is 27.8 Å². The molecule has 2 aromatic carbocycles. The third-order valence-corrected chi connectivity index (χ3v) is 5.69. The maximum absolute atomic E-state index is 13.0. The molecule has 3 heterocycles. The molecule has 4 aromatic rings. The molecule has 2 aromatic heterocycles. The van der Waals surface area contributed by atoms with E-state index >= 15 is 0 Å². The molecule has 0 saturated carbocycles. The summed E-state index contributed by atoms with van der Waals surface area (Å²) in [5, 5.41) is 0.519. The van der Waals surface area contributed by atoms with Crippen molar-refractivity contribution in [2.45, 2.75) is 38.9 Å². The van der Waals surface area contributed by atoms with Gasteiger partial charge >= 0.3 is 13.0 Å². The molecule has 0 N–H and O–H groups in total. The number of aromatic nitrogens is 2. The van der Waals surface area contributed by atoms with Gasteiger partial charge in [-0.2, -0.15) is 4.98 Å². The minimum absolute atomic E-state index is 0.152. The number of para-hydroxylation sites is 1. The molecule has 0 unspecified atom stereocenters. The Morgan fingerprint density at radius 3 is 2.44 bits per heavy atom. The first-order chi connectivity index (χ1) is 12.8. The lowest BCUT2D eigenvalue weighted by molar-refractivity contribution is 0.00578. The number of imidazole rings is 1. The van der Waals surface area contributed by atoms with Crippen molar-refractivity contribution in [2.24, 2.45) is 0 Å². The molecule has 0 bridgehead atoms. The summed E-state index contributed by atoms with van der Waals surface area (Å²) in [6, 6.07) is 12.9. The lowest BCUT2D eigenvalue weighted by atomic mass is 9.79. The van der Waals surface area contributed by atoms with Gasteiger partial charge in [0.2, 0.25) is 0 Å². The Morgan fingerprint density at radius 1 is 1.00 bits per heavy atom. The molecular weight excluding hydrogens is 343 g/mol. The Morgan fingerprint density at radius 2 is 1.70 bits per heavy atom. The van der Waals surface area contributed by atoms with E-state index in [-0.39, 0.29) is 11.4 Å². The standard InChI is InChI=1S/C20H19BN2O4/c1-19(2)20(3,4)27-21(26-19)12-9-10-14-15(11-12)23-17(24)13-7-5-6-8-16(13)25-18(23)22-14/h5-11H,1-4H3. The van der Waals surface area contributed by atoms with E-state index in [1.165, 1.54) is 4.40 Å². The predicted octanol–water partition coefficient (Wildman–Crippen LogP) is 2.89. The number of hydrogen-bond donors (Lipinski definition) is 0. The molecule has 136 valence electrons. The highest BCUT2D eigenvalue weighted by molar-refractivity contribution is 6.62. The zero-order valence-electron chi connectivity index (χ0n) is 15.6. The topological polar surface area (TPSA) is 66.0 Å². The fourth-order valence-electron chi connectivity index (χ4n) is 3.41. The molecule has 27 heavy (non-hydrogen) atoms. The Bertz CT molecular complexity index is 1260. The zero-order chi connectivity index (χ0) is 19.0. The van der Waals surface area contributed by atoms with Crippen LogP contribution < -0.4 is 11.0 Å². The van der Waals surface area contributed by atoms with Crippen LogP contribution in [0.3, 0.4) is 0 Å². The third kappa shape index (κ3) is 2.28. The van der Waals surface area contributed by atoms with Crippen molar-refractivity contribution in [1.29, 1.82) is 0 Å². The molecule has 6 nitrogen and oxygen atoms in total. The molecule has 0 atom stereocenters. The first kappa shape index (κ1) is 16.5. The van der Waals surface area contributed by atoms with Crippen LogP contribution in [0.15, 0.2) is 51.7 Å². The Labute approximate surface area is 155 Å². The normalized spacial score (nSPS) is 18.7. The Balaban J connectivity index is 1.73. The molecule has 0 aliphatic carbocycles. The monoisotopic (exact) mass is 362 g/mol. The summed E-state index contributed by atoms with van der Waals surface area (Å²) in [6.45, 7) is 8.06. The first-order valence-corrected chi connectivity index (χ1v) is 8.96. The van der Waals surface area contributed by atoms with Crippen LogP contribution in [0.2, 0.25) is 0 Å². The average Bonchev–Trinajstić information content (AvgIpc) is 3.08. The van der Waals surface area contributed by atoms with E-state index in [1.807, 2.05) is 58.0 Å². The summed E-state index contributed by atoms with van der Waals surface area (Å²) in [6.07, 6.45) is 0. The second-order valence-corrected chi connectivity index (χ2v) is 7.97. The number of benzene rings is 2. The largest absolute Gasteiger partial charge is 0.494 e. The van der Waals surface area contributed by atoms with Gasteiger partial charge in [0, 0.05) is 0 Å². The fourth-order valence-corrected chi connectivity index (χ4v) is 3.41. The summed E-state index contributed by atoms with van der Waals surface area (Å²) >= 11 is 0. The second-order valence-electron chi connectivity index (χ2n) is 7.97. The van der Waals surface area contributed by atoms with E-state index in [1.54, 1.807) is 12.1 Å². The van der Waals surface area contributed by atoms with E-state index < -0.39 is 18.3 Å². The van der Waals surface area contributed by atoms with Crippen molar-refractivity contribution < 1.29 is 13.7 Å². The van der Waals surface area contributed by atoms with Gasteiger partial charge in [0.1, 0.15) is 5.58 Å². The number of fused-ring (bicyclic) bond motifs is 4. The van der Waals surface area contributed by atoms with E-state index in [0.29, 0.717) is 22.0 Å². The summed E-state index contributed by atoms with van der Waals surface area (Å²) in [5.41, 5.74) is 1.72. The van der Waals surface area contributed by atoms with Crippen LogP contribution in [-0.2, 0) is 9.31 Å². The van der Waals surface area contributed by atoms with Crippen molar-refractivity contribution in [3.63, 3.8) is 0 Å². The lowest BCUT2D eigenvalue weighted by Crippen LogP contribution is -2.41. The SMILES string of the molecule is CC1(C)OB(c2ccc3nc4oc5ccccc5c(=O)n4c3c2)OC1(C)C. The Hall–Kier alpha value is -2.64. The molecule has 5 rings (SSSR count). The van der Waals surface area contributed by atoms with Gasteiger partial charge in [-0.15, -0.1) is 0 Å². The van der Waals surface area contributed by atoms with Crippen molar-refractivity contribution in [3.05, 3.63) is 52.8 Å². The van der Waals surface area contributed by atoms with Crippen LogP contribution in [0.1, 0.15) is 27.7 Å². The van der Waals surface area contributed by atoms with E-state index in [0.717, 1.165) is 5.46 Å². The van der Waals surface area contributed by atoms with Crippen LogP contribution in [0.4, 0.5) is 0 Å². The Kier molecular flexibility index (Phi) is 3.19. The molecule has 1 aliphatic heterocycles. The predicted molar refractivity (Wildman–Crippen MR) is 104 cm³/mol. The first-order valence-electron chi connectivity index (χ1n) is 8.96. The highest BCUT2D eigenvalue weighted by Gasteiger charge is 2.51. The van der Waals surface area contributed by atoms with Gasteiger partial charge in [-0.05, 0) is 57.4 Å². The quantitative estimate of drug-likeness (QED) is 0.487. The zero-order valence-corrected chi connectivity index (χ0v) is 15.6. The van der Waals surface area contributed by atoms with Crippen LogP contribution >= 0.6 is 0 Å². The molecule has 0 radical (unpaired) electrons. The van der Waals surface area contributed by atoms with Crippen molar-refractivity contribution in [3.8, 4) is 0 Å². The molecule has 1 saturated heterocycles. The summed E-state index contributed by atoms with van der Waals surface area (Å²) in [7, 11) is -0.502. The molecule has 0 spiro atoms. The van der Waals surface area contributed by atoms with Crippen LogP contribution in [-0.4, -0.2) is 27.7 Å². The lowest BCUT2D eigenvalue weighted by Gasteiger charge is -2.32. The van der Waals surface area contributed by atoms with Gasteiger partial charge < -0.3 is 13.7 Å². The van der Waals surface area contributed by atoms with Gasteiger partial charge in [-0.25, -0.2) is 4.40 Å². The highest BCUT2D eigenvalue weighted by Crippen LogP contribution is 2.36. The average molecular weight is 362 g/mol. The molecule has 7 heteroatoms. The van der Waals surface area contributed by atoms with Gasteiger partial charge in [0.25, 0.3) is 5.56 Å². The van der Waals surface area contributed by atoms with Gasteiger partial charge in [-0.1, -0.05) is 18.2 Å². The van der Waals surface area contributed by atoms with Crippen LogP contribution in [0.5, 0.6) is 0 Å². The molecule has 0 amide bonds. The maximum atomic E-state index is 13.0. The fraction of sp³-hybridized carbons (Fsp3) is 0.300. The van der Waals surface area contributed by atoms with Crippen molar-refractivity contribution in [1.82, 2.24) is 9.38 Å². The highest BCUT2D eigenvalue weighted by atomic mass is 16.7. The minimum Gasteiger partial charge on any atom is -0.424 e. The van der Waals surface area contributed by atoms with Crippen molar-refractivity contribution in [2.75, 3.05) is 0 Å². The summed E-state index contributed by atoms with van der Waals surface area (Å²) < 4.78 is 19.6. The number of nitrogens with zero attached hydrogens (tertiary/aromatic N) is 2. The number of rotatable bonds is 1. The maximum Gasteiger partial charge on any atom is 0.494 e. The second kappa shape index (κ2) is 5.21. The third-order valence-electron chi connectivity index (χ3n) is 5.69. The molecule has 1 aliphatic rings. The summed E-state index contributed by atoms with van der Waals surface area (Å²) in [4.78, 5) is 17.5. The van der Waals surface area contributed by atoms with E-state index in [4.69, 9.17) is 13.7 Å². The molecule has 1 fully saturated rings. The van der Waals surface area contributed by atoms with E-state index in [2.05, 4.69) is 4.98 Å². The van der Waals surface area contributed by atoms with E-state index in [9.17, 15) is 4.79 Å². The minimum atomic E-state index is -0.502. The van der Waals surface area contributed by atoms with Gasteiger partial charge in [0.15, 0.2) is 0 Å². The molecular formula is C20H19BN2O4. The van der Waals surface area contributed by atoms with Crippen LogP contribution in [0, 0.1) is 0 Å². The van der Waals surface area contributed by atoms with Gasteiger partial charge in [-0.3, -0.25) is 4.79 Å². The summed E-state index contributed by atoms with van der Waals surface area (Å²) in [5.74, 6) is 0.278. The smallest absolute Gasteiger partial charge is 0.424 e. The van der Waals surface area contributed by atoms with Gasteiger partial charge in [0.05, 0.1) is 27.6 Å².